The minimum absolute atomic E-state index is 0. The van der Waals surface area contributed by atoms with Crippen LogP contribution in [0.25, 0.3) is 22.4 Å². The van der Waals surface area contributed by atoms with Crippen molar-refractivity contribution >= 4 is 30.5 Å². The van der Waals surface area contributed by atoms with Gasteiger partial charge in [0.05, 0.1) is 48.4 Å². The number of methoxy groups -OCH3 is 6. The van der Waals surface area contributed by atoms with E-state index in [9.17, 15) is 0 Å². The van der Waals surface area contributed by atoms with Gasteiger partial charge in [0.2, 0.25) is 11.5 Å². The molecule has 5 aromatic rings. The number of anilines is 1. The van der Waals surface area contributed by atoms with Gasteiger partial charge in [-0.15, -0.1) is 24.8 Å². The molecule has 0 amide bonds. The number of hydrogen-bond acceptors (Lipinski definition) is 9. The van der Waals surface area contributed by atoms with Crippen molar-refractivity contribution in [2.24, 2.45) is 0 Å². The maximum Gasteiger partial charge on any atom is 0.203 e. The second-order valence-electron chi connectivity index (χ2n) is 14.0. The summed E-state index contributed by atoms with van der Waals surface area (Å²) in [5.74, 6) is 3.66. The van der Waals surface area contributed by atoms with Gasteiger partial charge in [0.15, 0.2) is 23.0 Å². The molecule has 6 rings (SSSR count). The first-order valence-corrected chi connectivity index (χ1v) is 19.1. The zero-order valence-electron chi connectivity index (χ0n) is 34.2. The Labute approximate surface area is 351 Å². The van der Waals surface area contributed by atoms with Crippen molar-refractivity contribution in [2.45, 2.75) is 58.2 Å². The molecule has 0 radical (unpaired) electrons. The second-order valence-corrected chi connectivity index (χ2v) is 14.0. The van der Waals surface area contributed by atoms with E-state index in [2.05, 4.69) is 77.4 Å². The number of benzene rings is 4. The van der Waals surface area contributed by atoms with Crippen molar-refractivity contribution in [3.05, 3.63) is 108 Å². The lowest BCUT2D eigenvalue weighted by Crippen LogP contribution is -2.44. The molecular formula is C46H57Cl2N3O6. The fourth-order valence-electron chi connectivity index (χ4n) is 7.57. The van der Waals surface area contributed by atoms with Gasteiger partial charge in [-0.3, -0.25) is 9.88 Å². The molecule has 2 heterocycles. The fraction of sp³-hybridized carbons (Fsp3) is 0.370. The van der Waals surface area contributed by atoms with Crippen LogP contribution >= 0.6 is 24.8 Å². The molecular weight excluding hydrogens is 761 g/mol. The van der Waals surface area contributed by atoms with Crippen LogP contribution < -0.4 is 33.3 Å². The van der Waals surface area contributed by atoms with E-state index in [1.54, 1.807) is 42.7 Å². The zero-order valence-corrected chi connectivity index (χ0v) is 35.8. The van der Waals surface area contributed by atoms with E-state index in [1.165, 1.54) is 35.2 Å². The largest absolute Gasteiger partial charge is 0.493 e. The van der Waals surface area contributed by atoms with Crippen LogP contribution in [0, 0.1) is 0 Å². The fourth-order valence-corrected chi connectivity index (χ4v) is 7.57. The van der Waals surface area contributed by atoms with Crippen LogP contribution in [0.2, 0.25) is 0 Å². The molecule has 0 bridgehead atoms. The third-order valence-corrected chi connectivity index (χ3v) is 10.6. The van der Waals surface area contributed by atoms with Gasteiger partial charge < -0.3 is 33.3 Å². The lowest BCUT2D eigenvalue weighted by molar-refractivity contribution is 0.201. The second kappa shape index (κ2) is 21.6. The smallest absolute Gasteiger partial charge is 0.203 e. The molecule has 0 spiro atoms. The Morgan fingerprint density at radius 2 is 1.19 bits per heavy atom. The molecule has 1 fully saturated rings. The Kier molecular flexibility index (Phi) is 17.0. The lowest BCUT2D eigenvalue weighted by atomic mass is 9.98. The van der Waals surface area contributed by atoms with Crippen molar-refractivity contribution in [3.63, 3.8) is 0 Å². The normalized spacial score (nSPS) is 12.8. The quantitative estimate of drug-likeness (QED) is 0.0912. The molecule has 57 heavy (non-hydrogen) atoms. The van der Waals surface area contributed by atoms with Gasteiger partial charge in [-0.2, -0.15) is 0 Å². The van der Waals surface area contributed by atoms with Gasteiger partial charge in [-0.25, -0.2) is 0 Å². The molecule has 0 unspecified atom stereocenters. The molecule has 1 saturated heterocycles. The lowest BCUT2D eigenvalue weighted by Gasteiger charge is -2.40. The number of ether oxygens (including phenoxy) is 6. The number of aromatic nitrogens is 1. The van der Waals surface area contributed by atoms with E-state index in [0.717, 1.165) is 67.8 Å². The number of halogens is 2. The monoisotopic (exact) mass is 817 g/mol. The number of unbranched alkanes of at least 4 members (excludes halogenated alkanes) is 1. The highest BCUT2D eigenvalue weighted by Crippen LogP contribution is 2.42. The van der Waals surface area contributed by atoms with E-state index in [0.29, 0.717) is 40.5 Å². The summed E-state index contributed by atoms with van der Waals surface area (Å²) in [5, 5.41) is 0. The average molecular weight is 819 g/mol. The van der Waals surface area contributed by atoms with Crippen LogP contribution in [0.15, 0.2) is 91.1 Å². The average Bonchev–Trinajstić information content (AvgIpc) is 3.24. The topological polar surface area (TPSA) is 74.8 Å². The van der Waals surface area contributed by atoms with Crippen LogP contribution in [0.5, 0.6) is 34.5 Å². The minimum atomic E-state index is 0. The van der Waals surface area contributed by atoms with E-state index in [-0.39, 0.29) is 24.8 Å². The predicted octanol–water partition coefficient (Wildman–Crippen LogP) is 10.3. The Morgan fingerprint density at radius 3 is 1.74 bits per heavy atom. The van der Waals surface area contributed by atoms with Gasteiger partial charge in [-0.1, -0.05) is 43.7 Å². The maximum atomic E-state index is 5.67. The van der Waals surface area contributed by atoms with Crippen molar-refractivity contribution in [1.82, 2.24) is 9.88 Å². The van der Waals surface area contributed by atoms with Crippen LogP contribution in [0.3, 0.4) is 0 Å². The molecule has 9 nitrogen and oxygen atoms in total. The molecule has 1 aliphatic heterocycles. The first-order chi connectivity index (χ1) is 26.9. The summed E-state index contributed by atoms with van der Waals surface area (Å²) < 4.78 is 33.7. The van der Waals surface area contributed by atoms with Crippen LogP contribution in [-0.4, -0.2) is 71.7 Å². The maximum absolute atomic E-state index is 5.67. The third kappa shape index (κ3) is 10.8. The SMILES string of the molecule is CCCCc1ccc(N(Cc2cccc(-c3cc(OC)c(OC)c(OC)c3)c2)C2CCN(Cc3ccnc(-c4cc(OC)c(OC)c(OC)c4)c3)CC2)cc1.Cl.Cl. The van der Waals surface area contributed by atoms with E-state index >= 15 is 0 Å². The highest BCUT2D eigenvalue weighted by molar-refractivity contribution is 5.85. The molecule has 0 aliphatic carbocycles. The predicted molar refractivity (Wildman–Crippen MR) is 235 cm³/mol. The summed E-state index contributed by atoms with van der Waals surface area (Å²) in [4.78, 5) is 9.87. The third-order valence-electron chi connectivity index (χ3n) is 10.6. The molecule has 1 aliphatic rings. The summed E-state index contributed by atoms with van der Waals surface area (Å²) >= 11 is 0. The summed E-state index contributed by atoms with van der Waals surface area (Å²) in [5.41, 5.74) is 9.04. The van der Waals surface area contributed by atoms with Crippen LogP contribution in [-0.2, 0) is 19.5 Å². The number of piperidine rings is 1. The number of hydrogen-bond donors (Lipinski definition) is 0. The van der Waals surface area contributed by atoms with Crippen molar-refractivity contribution in [3.8, 4) is 56.9 Å². The van der Waals surface area contributed by atoms with Gasteiger partial charge in [0, 0.05) is 49.7 Å². The van der Waals surface area contributed by atoms with Crippen LogP contribution in [0.4, 0.5) is 5.69 Å². The van der Waals surface area contributed by atoms with Gasteiger partial charge in [0.25, 0.3) is 0 Å². The summed E-state index contributed by atoms with van der Waals surface area (Å²) in [6, 6.07) is 30.7. The number of likely N-dealkylation sites (tertiary alicyclic amines) is 1. The summed E-state index contributed by atoms with van der Waals surface area (Å²) in [7, 11) is 9.81. The molecule has 1 aromatic heterocycles. The highest BCUT2D eigenvalue weighted by atomic mass is 35.5. The van der Waals surface area contributed by atoms with Gasteiger partial charge >= 0.3 is 0 Å². The minimum Gasteiger partial charge on any atom is -0.493 e. The first-order valence-electron chi connectivity index (χ1n) is 19.1. The molecule has 4 aromatic carbocycles. The molecule has 306 valence electrons. The first kappa shape index (κ1) is 44.9. The van der Waals surface area contributed by atoms with Crippen molar-refractivity contribution in [1.29, 1.82) is 0 Å². The summed E-state index contributed by atoms with van der Waals surface area (Å²) in [6.45, 7) is 5.92. The van der Waals surface area contributed by atoms with Crippen LogP contribution in [0.1, 0.15) is 49.3 Å². The Morgan fingerprint density at radius 1 is 0.614 bits per heavy atom. The number of rotatable bonds is 17. The van der Waals surface area contributed by atoms with Crippen molar-refractivity contribution < 1.29 is 28.4 Å². The van der Waals surface area contributed by atoms with E-state index < -0.39 is 0 Å². The number of pyridine rings is 1. The molecule has 11 heteroatoms. The highest BCUT2D eigenvalue weighted by Gasteiger charge is 2.26. The van der Waals surface area contributed by atoms with Gasteiger partial charge in [0.1, 0.15) is 0 Å². The number of aryl methyl sites for hydroxylation is 1. The van der Waals surface area contributed by atoms with E-state index in [1.807, 2.05) is 30.5 Å². The van der Waals surface area contributed by atoms with E-state index in [4.69, 9.17) is 33.4 Å². The number of nitrogens with zero attached hydrogens (tertiary/aromatic N) is 3. The Bertz CT molecular complexity index is 1970. The Balaban J connectivity index is 0.00000360. The molecule has 0 N–H and O–H groups in total. The molecule has 0 saturated carbocycles. The standard InChI is InChI=1S/C46H55N3O6.2ClH/c1-8-9-11-32-14-16-38(17-15-32)49(31-33-12-10-13-35(24-33)36-26-41(50-2)45(54-6)42(27-36)51-3)39-19-22-48(23-20-39)30-34-18-21-47-40(25-34)37-28-43(52-4)46(55-7)44(29-37)53-5;;/h10,12-18,21,24-29,39H,8-9,11,19-20,22-23,30-31H2,1-7H3;2*1H. The summed E-state index contributed by atoms with van der Waals surface area (Å²) in [6.07, 6.45) is 7.53. The Hall–Kier alpha value is -4.83. The van der Waals surface area contributed by atoms with Gasteiger partial charge in [-0.05, 0) is 108 Å². The molecule has 0 atom stereocenters. The zero-order chi connectivity index (χ0) is 38.7. The van der Waals surface area contributed by atoms with Crippen molar-refractivity contribution in [2.75, 3.05) is 60.6 Å².